The van der Waals surface area contributed by atoms with Crippen molar-refractivity contribution in [2.24, 2.45) is 0 Å². The third kappa shape index (κ3) is 5.26. The number of carbonyl (C=O) groups excluding carboxylic acids is 1. The summed E-state index contributed by atoms with van der Waals surface area (Å²) < 4.78 is 48.1. The lowest BCUT2D eigenvalue weighted by molar-refractivity contribution is -0.143. The molecule has 26 heavy (non-hydrogen) atoms. The summed E-state index contributed by atoms with van der Waals surface area (Å²) in [6.07, 6.45) is -3.88. The number of halogens is 4. The van der Waals surface area contributed by atoms with Crippen LogP contribution in [0.2, 0.25) is 5.02 Å². The SMILES string of the molecule is CCOC(=O)C(C)Nc1ccc(Oc2ncc(C(F)(F)F)cc2Cl)cc1. The zero-order chi connectivity index (χ0) is 19.3. The number of carbonyl (C=O) groups is 1. The van der Waals surface area contributed by atoms with Gasteiger partial charge in [-0.25, -0.2) is 9.78 Å². The molecule has 0 aliphatic heterocycles. The summed E-state index contributed by atoms with van der Waals surface area (Å²) in [5, 5.41) is 2.70. The maximum Gasteiger partial charge on any atom is 0.417 e. The molecule has 0 amide bonds. The molecular formula is C17H16ClF3N2O3. The minimum absolute atomic E-state index is 0.139. The van der Waals surface area contributed by atoms with Crippen molar-refractivity contribution in [2.45, 2.75) is 26.1 Å². The number of pyridine rings is 1. The number of nitrogens with one attached hydrogen (secondary N) is 1. The lowest BCUT2D eigenvalue weighted by Crippen LogP contribution is -2.28. The fraction of sp³-hybridized carbons (Fsp3) is 0.294. The molecule has 0 saturated heterocycles. The second kappa shape index (κ2) is 8.27. The van der Waals surface area contributed by atoms with Crippen LogP contribution in [0.15, 0.2) is 36.5 Å². The van der Waals surface area contributed by atoms with Crippen LogP contribution in [0.1, 0.15) is 19.4 Å². The minimum Gasteiger partial charge on any atom is -0.464 e. The van der Waals surface area contributed by atoms with Crippen LogP contribution in [0.4, 0.5) is 18.9 Å². The molecular weight excluding hydrogens is 373 g/mol. The highest BCUT2D eigenvalue weighted by molar-refractivity contribution is 6.31. The third-order valence-corrected chi connectivity index (χ3v) is 3.50. The fourth-order valence-electron chi connectivity index (χ4n) is 1.96. The number of aromatic nitrogens is 1. The lowest BCUT2D eigenvalue weighted by Gasteiger charge is -2.14. The van der Waals surface area contributed by atoms with Gasteiger partial charge in [-0.15, -0.1) is 0 Å². The van der Waals surface area contributed by atoms with Gasteiger partial charge in [-0.3, -0.25) is 0 Å². The molecule has 0 aliphatic rings. The Morgan fingerprint density at radius 3 is 2.50 bits per heavy atom. The monoisotopic (exact) mass is 388 g/mol. The van der Waals surface area contributed by atoms with Gasteiger partial charge in [-0.2, -0.15) is 13.2 Å². The van der Waals surface area contributed by atoms with Gasteiger partial charge in [0.1, 0.15) is 16.8 Å². The van der Waals surface area contributed by atoms with E-state index in [1.54, 1.807) is 38.1 Å². The van der Waals surface area contributed by atoms with E-state index < -0.39 is 17.8 Å². The van der Waals surface area contributed by atoms with E-state index in [4.69, 9.17) is 21.1 Å². The van der Waals surface area contributed by atoms with E-state index in [1.165, 1.54) is 0 Å². The molecule has 1 N–H and O–H groups in total. The molecule has 0 spiro atoms. The average molecular weight is 389 g/mol. The maximum absolute atomic E-state index is 12.6. The maximum atomic E-state index is 12.6. The first-order chi connectivity index (χ1) is 12.2. The Morgan fingerprint density at radius 2 is 1.96 bits per heavy atom. The summed E-state index contributed by atoms with van der Waals surface area (Å²) in [4.78, 5) is 15.2. The highest BCUT2D eigenvalue weighted by Crippen LogP contribution is 2.34. The van der Waals surface area contributed by atoms with Crippen molar-refractivity contribution >= 4 is 23.3 Å². The van der Waals surface area contributed by atoms with Gasteiger partial charge in [0.05, 0.1) is 12.2 Å². The largest absolute Gasteiger partial charge is 0.464 e. The first-order valence-corrected chi connectivity index (χ1v) is 8.02. The summed E-state index contributed by atoms with van der Waals surface area (Å²) in [5.74, 6) is -0.192. The van der Waals surface area contributed by atoms with Crippen LogP contribution in [-0.2, 0) is 15.7 Å². The van der Waals surface area contributed by atoms with Gasteiger partial charge in [0.15, 0.2) is 0 Å². The molecule has 140 valence electrons. The quantitative estimate of drug-likeness (QED) is 0.712. The number of benzene rings is 1. The lowest BCUT2D eigenvalue weighted by atomic mass is 10.2. The molecule has 0 bridgehead atoms. The Morgan fingerprint density at radius 1 is 1.31 bits per heavy atom. The molecule has 5 nitrogen and oxygen atoms in total. The molecule has 1 heterocycles. The van der Waals surface area contributed by atoms with Crippen molar-refractivity contribution < 1.29 is 27.4 Å². The second-order valence-corrected chi connectivity index (χ2v) is 5.66. The van der Waals surface area contributed by atoms with Crippen molar-refractivity contribution in [2.75, 3.05) is 11.9 Å². The van der Waals surface area contributed by atoms with Crippen molar-refractivity contribution in [3.8, 4) is 11.6 Å². The molecule has 0 radical (unpaired) electrons. The number of ether oxygens (including phenoxy) is 2. The number of anilines is 1. The number of nitrogens with zero attached hydrogens (tertiary/aromatic N) is 1. The van der Waals surface area contributed by atoms with Crippen molar-refractivity contribution in [3.05, 3.63) is 47.1 Å². The Bertz CT molecular complexity index is 767. The van der Waals surface area contributed by atoms with Gasteiger partial charge < -0.3 is 14.8 Å². The molecule has 1 atom stereocenters. The zero-order valence-electron chi connectivity index (χ0n) is 13.9. The summed E-state index contributed by atoms with van der Waals surface area (Å²) in [7, 11) is 0. The van der Waals surface area contributed by atoms with Crippen LogP contribution >= 0.6 is 11.6 Å². The topological polar surface area (TPSA) is 60.5 Å². The predicted octanol–water partition coefficient (Wildman–Crippen LogP) is 4.91. The van der Waals surface area contributed by atoms with Crippen LogP contribution in [0, 0.1) is 0 Å². The predicted molar refractivity (Wildman–Crippen MR) is 90.5 cm³/mol. The summed E-state index contributed by atoms with van der Waals surface area (Å²) >= 11 is 5.80. The van der Waals surface area contributed by atoms with E-state index in [-0.39, 0.29) is 16.9 Å². The van der Waals surface area contributed by atoms with Gasteiger partial charge in [-0.05, 0) is 44.2 Å². The third-order valence-electron chi connectivity index (χ3n) is 3.23. The smallest absolute Gasteiger partial charge is 0.417 e. The first-order valence-electron chi connectivity index (χ1n) is 7.64. The van der Waals surface area contributed by atoms with Gasteiger partial charge in [0.25, 0.3) is 0 Å². The number of hydrogen-bond donors (Lipinski definition) is 1. The van der Waals surface area contributed by atoms with E-state index in [0.717, 1.165) is 6.07 Å². The molecule has 1 aromatic heterocycles. The highest BCUT2D eigenvalue weighted by atomic mass is 35.5. The first kappa shape index (κ1) is 19.8. The molecule has 0 aliphatic carbocycles. The van der Waals surface area contributed by atoms with Crippen LogP contribution in [0.5, 0.6) is 11.6 Å². The van der Waals surface area contributed by atoms with Gasteiger partial charge in [-0.1, -0.05) is 11.6 Å². The van der Waals surface area contributed by atoms with E-state index in [1.807, 2.05) is 0 Å². The van der Waals surface area contributed by atoms with E-state index in [2.05, 4.69) is 10.3 Å². The Hall–Kier alpha value is -2.48. The Labute approximate surface area is 153 Å². The van der Waals surface area contributed by atoms with Crippen LogP contribution in [-0.4, -0.2) is 23.6 Å². The Balaban J connectivity index is 2.04. The van der Waals surface area contributed by atoms with Crippen molar-refractivity contribution in [3.63, 3.8) is 0 Å². The standard InChI is InChI=1S/C17H16ClF3N2O3/c1-3-25-16(24)10(2)23-12-4-6-13(7-5-12)26-15-14(18)8-11(9-22-15)17(19,20)21/h4-10,23H,3H2,1-2H3. The van der Waals surface area contributed by atoms with Gasteiger partial charge in [0.2, 0.25) is 5.88 Å². The van der Waals surface area contributed by atoms with E-state index in [9.17, 15) is 18.0 Å². The van der Waals surface area contributed by atoms with Crippen molar-refractivity contribution in [1.29, 1.82) is 0 Å². The summed E-state index contributed by atoms with van der Waals surface area (Å²) in [6, 6.07) is 6.63. The normalized spacial score (nSPS) is 12.4. The summed E-state index contributed by atoms with van der Waals surface area (Å²) in [6.45, 7) is 3.67. The summed E-state index contributed by atoms with van der Waals surface area (Å²) in [5.41, 5.74) is -0.313. The number of esters is 1. The van der Waals surface area contributed by atoms with E-state index >= 15 is 0 Å². The number of alkyl halides is 3. The highest BCUT2D eigenvalue weighted by Gasteiger charge is 2.31. The van der Waals surface area contributed by atoms with Crippen LogP contribution in [0.3, 0.4) is 0 Å². The number of hydrogen-bond acceptors (Lipinski definition) is 5. The Kier molecular flexibility index (Phi) is 6.31. The average Bonchev–Trinajstić information content (AvgIpc) is 2.57. The minimum atomic E-state index is -4.53. The van der Waals surface area contributed by atoms with Gasteiger partial charge >= 0.3 is 12.1 Å². The molecule has 0 fully saturated rings. The number of rotatable bonds is 6. The molecule has 1 aromatic carbocycles. The second-order valence-electron chi connectivity index (χ2n) is 5.25. The van der Waals surface area contributed by atoms with Crippen LogP contribution < -0.4 is 10.1 Å². The van der Waals surface area contributed by atoms with Gasteiger partial charge in [0, 0.05) is 11.9 Å². The zero-order valence-corrected chi connectivity index (χ0v) is 14.7. The molecule has 2 aromatic rings. The molecule has 0 saturated carbocycles. The molecule has 1 unspecified atom stereocenters. The van der Waals surface area contributed by atoms with E-state index in [0.29, 0.717) is 24.2 Å². The fourth-order valence-corrected chi connectivity index (χ4v) is 2.17. The van der Waals surface area contributed by atoms with Crippen LogP contribution in [0.25, 0.3) is 0 Å². The molecule has 2 rings (SSSR count). The van der Waals surface area contributed by atoms with Crippen molar-refractivity contribution in [1.82, 2.24) is 4.98 Å². The molecule has 9 heteroatoms.